The van der Waals surface area contributed by atoms with E-state index in [9.17, 15) is 25.3 Å². The average molecular weight is 754 g/mol. The first-order valence-electron chi connectivity index (χ1n) is 15.4. The summed E-state index contributed by atoms with van der Waals surface area (Å²) >= 11 is 0. The molecule has 0 spiro atoms. The first-order valence-corrected chi connectivity index (χ1v) is 15.4. The Balaban J connectivity index is 0. The first kappa shape index (κ1) is 49.1. The minimum atomic E-state index is -0.572. The van der Waals surface area contributed by atoms with E-state index in [4.69, 9.17) is 25.2 Å². The Hall–Kier alpha value is -1.95. The number of hydrogen-bond donors (Lipinski definition) is 2. The number of ether oxygens (including phenoxy) is 1. The van der Waals surface area contributed by atoms with Gasteiger partial charge in [0.2, 0.25) is 0 Å². The molecular formula is C35H41K2N5O9. The number of nitriles is 2. The molecule has 0 unspecified atom stereocenters. The number of carbonyl (C=O) groups is 2. The number of nitro benzene ring substituents is 1. The molecule has 2 saturated heterocycles. The van der Waals surface area contributed by atoms with Crippen molar-refractivity contribution in [1.82, 2.24) is 9.80 Å². The van der Waals surface area contributed by atoms with Gasteiger partial charge in [0.25, 0.3) is 12.2 Å². The summed E-state index contributed by atoms with van der Waals surface area (Å²) in [7, 11) is 1.00. The van der Waals surface area contributed by atoms with E-state index in [0.29, 0.717) is 19.5 Å². The monoisotopic (exact) mass is 753 g/mol. The normalized spacial score (nSPS) is 19.3. The van der Waals surface area contributed by atoms with Crippen LogP contribution in [0.3, 0.4) is 0 Å². The zero-order valence-electron chi connectivity index (χ0n) is 30.1. The number of nitro groups is 1. The topological polar surface area (TPSA) is 213 Å². The van der Waals surface area contributed by atoms with Crippen LogP contribution in [-0.2, 0) is 27.5 Å². The fourth-order valence-corrected chi connectivity index (χ4v) is 5.29. The van der Waals surface area contributed by atoms with Crippen LogP contribution in [0, 0.1) is 44.6 Å². The first-order chi connectivity index (χ1) is 23.8. The molecule has 16 heteroatoms. The SMILES string of the molecule is CO.N#C[C@@H]1CCN(Cc2ccccc2)C[C@@H]1O.N#C[C@@H]1CCN(Cc2ccccc2)C[C@@H]1OC(=O)c1ccc([N+](=O)[O-])cc1.O=CO[O-].[H-].[K+].[K+]. The van der Waals surface area contributed by atoms with Gasteiger partial charge in [-0.15, -0.1) is 0 Å². The predicted molar refractivity (Wildman–Crippen MR) is 176 cm³/mol. The van der Waals surface area contributed by atoms with Crippen LogP contribution < -0.4 is 108 Å². The van der Waals surface area contributed by atoms with E-state index in [1.165, 1.54) is 29.8 Å². The van der Waals surface area contributed by atoms with Gasteiger partial charge in [0.15, 0.2) is 0 Å². The third-order valence-corrected chi connectivity index (χ3v) is 7.75. The number of esters is 1. The molecule has 4 atom stereocenters. The number of non-ortho nitro benzene ring substituents is 1. The second-order valence-corrected chi connectivity index (χ2v) is 11.0. The Bertz CT molecular complexity index is 1520. The zero-order chi connectivity index (χ0) is 36.0. The van der Waals surface area contributed by atoms with Crippen LogP contribution in [0.2, 0.25) is 0 Å². The van der Waals surface area contributed by atoms with Crippen LogP contribution in [0.1, 0.15) is 35.8 Å². The van der Waals surface area contributed by atoms with E-state index < -0.39 is 23.1 Å². The molecule has 0 aromatic heterocycles. The van der Waals surface area contributed by atoms with Gasteiger partial charge >= 0.3 is 109 Å². The Kier molecular flexibility index (Phi) is 27.5. The van der Waals surface area contributed by atoms with E-state index >= 15 is 0 Å². The maximum atomic E-state index is 12.4. The Morgan fingerprint density at radius 2 is 1.33 bits per heavy atom. The van der Waals surface area contributed by atoms with Gasteiger partial charge in [0.05, 0.1) is 40.6 Å². The standard InChI is InChI=1S/C20H19N3O4.C13H16N2O.CH2O3.CH4O.2K.H/c21-12-17-10-11-22(13-15-4-2-1-3-5-15)14-19(17)27-20(24)16-6-8-18(9-7-16)23(25)26;14-8-12-6-7-15(10-13(12)16)9-11-4-2-1-3-5-11;2-1-4-3;1-2;;;/h1-9,17,19H,10-11,13-14H2;1-5,12-13,16H,6-7,9-10H2;1,3H;2H,1H3;;;/q;;;;2*+1;-1/p-1/t17-,19-;12-,13-;;;;;/m00...../s1. The Morgan fingerprint density at radius 1 is 0.882 bits per heavy atom. The van der Waals surface area contributed by atoms with Crippen molar-refractivity contribution in [2.45, 2.75) is 38.1 Å². The minimum absolute atomic E-state index is 0. The minimum Gasteiger partial charge on any atom is -1.00 e. The summed E-state index contributed by atoms with van der Waals surface area (Å²) in [5, 5.41) is 54.1. The molecular weight excluding hydrogens is 713 g/mol. The van der Waals surface area contributed by atoms with Gasteiger partial charge in [-0.3, -0.25) is 24.7 Å². The third kappa shape index (κ3) is 18.1. The number of benzene rings is 3. The summed E-state index contributed by atoms with van der Waals surface area (Å²) in [5.74, 6) is -1.12. The number of nitrogens with zero attached hydrogens (tertiary/aromatic N) is 5. The van der Waals surface area contributed by atoms with Crippen molar-refractivity contribution < 1.29 is 144 Å². The van der Waals surface area contributed by atoms with Crippen molar-refractivity contribution in [1.29, 1.82) is 10.5 Å². The summed E-state index contributed by atoms with van der Waals surface area (Å²) in [4.78, 5) is 38.2. The fourth-order valence-electron chi connectivity index (χ4n) is 5.29. The summed E-state index contributed by atoms with van der Waals surface area (Å²) in [6.07, 6.45) is 0.365. The fraction of sp³-hybridized carbons (Fsp3) is 0.371. The quantitative estimate of drug-likeness (QED) is 0.0578. The molecule has 14 nitrogen and oxygen atoms in total. The van der Waals surface area contributed by atoms with Crippen LogP contribution in [0.25, 0.3) is 0 Å². The number of carbonyl (C=O) groups excluding carboxylic acids is 2. The number of hydrogen-bond acceptors (Lipinski definition) is 13. The Labute approximate surface area is 384 Å². The van der Waals surface area contributed by atoms with E-state index in [1.54, 1.807) is 0 Å². The number of likely N-dealkylation sites (tertiary alicyclic amines) is 2. The number of aliphatic hydroxyl groups is 2. The van der Waals surface area contributed by atoms with E-state index in [1.807, 2.05) is 48.5 Å². The van der Waals surface area contributed by atoms with Crippen molar-refractivity contribution in [2.24, 2.45) is 11.8 Å². The molecule has 2 heterocycles. The molecule has 262 valence electrons. The summed E-state index contributed by atoms with van der Waals surface area (Å²) in [6.45, 7) is 4.14. The second-order valence-electron chi connectivity index (χ2n) is 11.0. The maximum absolute atomic E-state index is 12.4. The predicted octanol–water partition coefficient (Wildman–Crippen LogP) is -3.28. The van der Waals surface area contributed by atoms with Gasteiger partial charge in [0, 0.05) is 52.0 Å². The Morgan fingerprint density at radius 3 is 1.75 bits per heavy atom. The van der Waals surface area contributed by atoms with Gasteiger partial charge in [0.1, 0.15) is 6.10 Å². The molecule has 0 bridgehead atoms. The van der Waals surface area contributed by atoms with Crippen LogP contribution in [0.4, 0.5) is 5.69 Å². The third-order valence-electron chi connectivity index (χ3n) is 7.75. The largest absolute Gasteiger partial charge is 1.00 e. The van der Waals surface area contributed by atoms with Crippen molar-refractivity contribution in [2.75, 3.05) is 33.3 Å². The van der Waals surface area contributed by atoms with Crippen LogP contribution in [0.5, 0.6) is 0 Å². The summed E-state index contributed by atoms with van der Waals surface area (Å²) < 4.78 is 5.58. The molecule has 0 radical (unpaired) electrons. The molecule has 2 aliphatic heterocycles. The molecule has 3 aromatic rings. The maximum Gasteiger partial charge on any atom is 1.00 e. The van der Waals surface area contributed by atoms with Crippen molar-refractivity contribution in [3.63, 3.8) is 0 Å². The molecule has 51 heavy (non-hydrogen) atoms. The van der Waals surface area contributed by atoms with Crippen LogP contribution in [-0.4, -0.2) is 82.9 Å². The molecule has 0 amide bonds. The number of piperidine rings is 2. The van der Waals surface area contributed by atoms with Gasteiger partial charge in [-0.25, -0.2) is 4.79 Å². The van der Waals surface area contributed by atoms with Crippen molar-refractivity contribution in [3.8, 4) is 12.1 Å². The molecule has 2 N–H and O–H groups in total. The van der Waals surface area contributed by atoms with E-state index in [2.05, 4.69) is 39.0 Å². The van der Waals surface area contributed by atoms with E-state index in [-0.39, 0.29) is 134 Å². The second kappa shape index (κ2) is 28.5. The molecule has 0 saturated carbocycles. The number of β-amino-alcohol motifs (C(OH)–C–C–N with tert-alkyl or cyclic N) is 1. The molecule has 2 aliphatic rings. The molecule has 5 rings (SSSR count). The molecule has 3 aromatic carbocycles. The smallest absolute Gasteiger partial charge is 1.00 e. The average Bonchev–Trinajstić information content (AvgIpc) is 3.14. The molecule has 0 aliphatic carbocycles. The van der Waals surface area contributed by atoms with Gasteiger partial charge < -0.3 is 26.5 Å². The van der Waals surface area contributed by atoms with Crippen molar-refractivity contribution in [3.05, 3.63) is 112 Å². The van der Waals surface area contributed by atoms with Gasteiger partial charge in [-0.1, -0.05) is 60.7 Å². The summed E-state index contributed by atoms with van der Waals surface area (Å²) in [6, 6.07) is 29.8. The zero-order valence-corrected chi connectivity index (χ0v) is 35.4. The van der Waals surface area contributed by atoms with Crippen LogP contribution in [0.15, 0.2) is 84.9 Å². The van der Waals surface area contributed by atoms with Gasteiger partial charge in [-0.05, 0) is 42.6 Å². The number of aliphatic hydroxyl groups excluding tert-OH is 2. The van der Waals surface area contributed by atoms with Crippen molar-refractivity contribution >= 4 is 18.1 Å². The summed E-state index contributed by atoms with van der Waals surface area (Å²) in [5.41, 5.74) is 2.56. The van der Waals surface area contributed by atoms with E-state index in [0.717, 1.165) is 45.3 Å². The van der Waals surface area contributed by atoms with Crippen LogP contribution >= 0.6 is 0 Å². The molecule has 2 fully saturated rings. The van der Waals surface area contributed by atoms with Gasteiger partial charge in [-0.2, -0.15) is 10.5 Å². The number of rotatable bonds is 8.